The number of carboxylic acid groups (broad SMARTS) is 1. The number of carbonyl (C=O) groups is 5. The van der Waals surface area contributed by atoms with E-state index < -0.39 is 30.4 Å². The molecule has 0 saturated heterocycles. The van der Waals surface area contributed by atoms with Gasteiger partial charge in [0.05, 0.1) is 17.2 Å². The third kappa shape index (κ3) is 3.22. The van der Waals surface area contributed by atoms with Crippen LogP contribution in [0.15, 0.2) is 18.2 Å². The molecule has 0 bridgehead atoms. The normalized spacial score (nSPS) is 20.6. The molecule has 1 aliphatic heterocycles. The van der Waals surface area contributed by atoms with Gasteiger partial charge in [-0.1, -0.05) is 6.07 Å². The molecule has 1 unspecified atom stereocenters. The SMILES string of the molecule is O=C(O)COc1cccc2c1C(=O)N(C1CCC(=O)CCCC1=O)C2=O. The number of carboxylic acids is 1. The van der Waals surface area contributed by atoms with Gasteiger partial charge in [0.1, 0.15) is 11.5 Å². The Kier molecular flexibility index (Phi) is 4.83. The Morgan fingerprint density at radius 1 is 1.12 bits per heavy atom. The smallest absolute Gasteiger partial charge is 0.341 e. The average Bonchev–Trinajstić information content (AvgIpc) is 2.84. The van der Waals surface area contributed by atoms with Crippen LogP contribution in [0, 0.1) is 0 Å². The number of hydrogen-bond acceptors (Lipinski definition) is 6. The van der Waals surface area contributed by atoms with Gasteiger partial charge in [0.2, 0.25) is 0 Å². The number of ether oxygens (including phenoxy) is 1. The molecule has 1 aliphatic carbocycles. The van der Waals surface area contributed by atoms with Gasteiger partial charge in [0.15, 0.2) is 12.4 Å². The Labute approximate surface area is 148 Å². The molecule has 8 heteroatoms. The fraction of sp³-hybridized carbons (Fsp3) is 0.389. The third-order valence-electron chi connectivity index (χ3n) is 4.52. The van der Waals surface area contributed by atoms with E-state index in [2.05, 4.69) is 0 Å². The third-order valence-corrected chi connectivity index (χ3v) is 4.52. The number of nitrogens with zero attached hydrogens (tertiary/aromatic N) is 1. The molecule has 3 rings (SSSR count). The van der Waals surface area contributed by atoms with Crippen LogP contribution in [0.25, 0.3) is 0 Å². The zero-order valence-corrected chi connectivity index (χ0v) is 13.9. The molecule has 1 saturated carbocycles. The van der Waals surface area contributed by atoms with Crippen LogP contribution in [-0.4, -0.2) is 52.0 Å². The fourth-order valence-electron chi connectivity index (χ4n) is 3.30. The summed E-state index contributed by atoms with van der Waals surface area (Å²) in [7, 11) is 0. The zero-order chi connectivity index (χ0) is 18.8. The van der Waals surface area contributed by atoms with Crippen LogP contribution in [0.1, 0.15) is 52.8 Å². The van der Waals surface area contributed by atoms with Crippen LogP contribution >= 0.6 is 0 Å². The van der Waals surface area contributed by atoms with E-state index in [1.807, 2.05) is 0 Å². The van der Waals surface area contributed by atoms with Crippen molar-refractivity contribution >= 4 is 29.4 Å². The minimum Gasteiger partial charge on any atom is -0.481 e. The lowest BCUT2D eigenvalue weighted by Gasteiger charge is -2.26. The highest BCUT2D eigenvalue weighted by molar-refractivity contribution is 6.24. The Morgan fingerprint density at radius 2 is 1.88 bits per heavy atom. The lowest BCUT2D eigenvalue weighted by molar-refractivity contribution is -0.139. The summed E-state index contributed by atoms with van der Waals surface area (Å²) in [5, 5.41) is 8.75. The lowest BCUT2D eigenvalue weighted by Crippen LogP contribution is -2.45. The number of Topliss-reactive ketones (excluding diaryl/α,β-unsaturated/α-hetero) is 2. The number of imide groups is 1. The molecule has 8 nitrogen and oxygen atoms in total. The minimum atomic E-state index is -1.22. The molecule has 2 amide bonds. The maximum atomic E-state index is 12.8. The van der Waals surface area contributed by atoms with Crippen molar-refractivity contribution in [2.24, 2.45) is 0 Å². The number of fused-ring (bicyclic) bond motifs is 1. The van der Waals surface area contributed by atoms with Gasteiger partial charge in [-0.3, -0.25) is 24.1 Å². The molecule has 1 heterocycles. The molecule has 136 valence electrons. The minimum absolute atomic E-state index is 0.00425. The molecule has 0 aromatic heterocycles. The van der Waals surface area contributed by atoms with Crippen LogP contribution < -0.4 is 4.74 Å². The summed E-state index contributed by atoms with van der Waals surface area (Å²) < 4.78 is 5.11. The van der Waals surface area contributed by atoms with Crippen molar-refractivity contribution in [3.05, 3.63) is 29.3 Å². The molecular weight excluding hydrogens is 342 g/mol. The summed E-state index contributed by atoms with van der Waals surface area (Å²) in [5.41, 5.74) is 0.0269. The van der Waals surface area contributed by atoms with Gasteiger partial charge in [-0.2, -0.15) is 0 Å². The summed E-state index contributed by atoms with van der Waals surface area (Å²) in [5.74, 6) is -2.80. The van der Waals surface area contributed by atoms with E-state index in [9.17, 15) is 24.0 Å². The Morgan fingerprint density at radius 3 is 2.62 bits per heavy atom. The maximum absolute atomic E-state index is 12.8. The number of aliphatic carboxylic acids is 1. The highest BCUT2D eigenvalue weighted by atomic mass is 16.5. The molecule has 1 aromatic carbocycles. The van der Waals surface area contributed by atoms with Crippen LogP contribution in [-0.2, 0) is 14.4 Å². The standard InChI is InChI=1S/C18H17NO7/c20-10-3-1-5-13(21)12(8-7-10)19-17(24)11-4-2-6-14(16(11)18(19)25)26-9-15(22)23/h2,4,6,12H,1,3,5,7-9H2,(H,22,23). The Balaban J connectivity index is 1.93. The molecule has 1 N–H and O–H groups in total. The van der Waals surface area contributed by atoms with Gasteiger partial charge < -0.3 is 9.84 Å². The van der Waals surface area contributed by atoms with Crippen LogP contribution in [0.3, 0.4) is 0 Å². The monoisotopic (exact) mass is 359 g/mol. The van der Waals surface area contributed by atoms with E-state index in [1.165, 1.54) is 18.2 Å². The first kappa shape index (κ1) is 17.8. The van der Waals surface area contributed by atoms with Crippen molar-refractivity contribution in [1.82, 2.24) is 4.90 Å². The van der Waals surface area contributed by atoms with E-state index in [4.69, 9.17) is 9.84 Å². The molecule has 1 atom stereocenters. The van der Waals surface area contributed by atoms with Crippen LogP contribution in [0.5, 0.6) is 5.75 Å². The van der Waals surface area contributed by atoms with Crippen molar-refractivity contribution < 1.29 is 33.8 Å². The largest absolute Gasteiger partial charge is 0.481 e. The van der Waals surface area contributed by atoms with Gasteiger partial charge in [-0.05, 0) is 25.0 Å². The first-order valence-corrected chi connectivity index (χ1v) is 8.30. The van der Waals surface area contributed by atoms with E-state index >= 15 is 0 Å². The highest BCUT2D eigenvalue weighted by Crippen LogP contribution is 2.34. The number of carbonyl (C=O) groups excluding carboxylic acids is 4. The number of ketones is 2. The lowest BCUT2D eigenvalue weighted by atomic mass is 9.94. The average molecular weight is 359 g/mol. The predicted molar refractivity (Wildman–Crippen MR) is 87.0 cm³/mol. The van der Waals surface area contributed by atoms with Crippen molar-refractivity contribution in [2.45, 2.75) is 38.1 Å². The fourth-order valence-corrected chi connectivity index (χ4v) is 3.30. The van der Waals surface area contributed by atoms with Crippen molar-refractivity contribution in [3.63, 3.8) is 0 Å². The van der Waals surface area contributed by atoms with E-state index in [0.29, 0.717) is 12.8 Å². The number of rotatable bonds is 4. The molecule has 0 spiro atoms. The topological polar surface area (TPSA) is 118 Å². The van der Waals surface area contributed by atoms with E-state index in [1.54, 1.807) is 0 Å². The molecule has 1 fully saturated rings. The molecule has 26 heavy (non-hydrogen) atoms. The zero-order valence-electron chi connectivity index (χ0n) is 13.9. The quantitative estimate of drug-likeness (QED) is 0.803. The second-order valence-electron chi connectivity index (χ2n) is 6.25. The van der Waals surface area contributed by atoms with Crippen molar-refractivity contribution in [3.8, 4) is 5.75 Å². The van der Waals surface area contributed by atoms with E-state index in [0.717, 1.165) is 4.90 Å². The molecular formula is C18H17NO7. The van der Waals surface area contributed by atoms with Gasteiger partial charge >= 0.3 is 5.97 Å². The van der Waals surface area contributed by atoms with Crippen LogP contribution in [0.2, 0.25) is 0 Å². The summed E-state index contributed by atoms with van der Waals surface area (Å²) in [6, 6.07) is 3.33. The molecule has 0 radical (unpaired) electrons. The molecule has 2 aliphatic rings. The first-order chi connectivity index (χ1) is 12.4. The van der Waals surface area contributed by atoms with Crippen molar-refractivity contribution in [2.75, 3.05) is 6.61 Å². The van der Waals surface area contributed by atoms with Crippen molar-refractivity contribution in [1.29, 1.82) is 0 Å². The van der Waals surface area contributed by atoms with Gasteiger partial charge in [0, 0.05) is 19.3 Å². The summed E-state index contributed by atoms with van der Waals surface area (Å²) >= 11 is 0. The van der Waals surface area contributed by atoms with Crippen LogP contribution in [0.4, 0.5) is 0 Å². The number of amides is 2. The summed E-state index contributed by atoms with van der Waals surface area (Å²) in [6.07, 6.45) is 1.10. The predicted octanol–water partition coefficient (Wildman–Crippen LogP) is 1.22. The number of benzene rings is 1. The summed E-state index contributed by atoms with van der Waals surface area (Å²) in [4.78, 5) is 61.3. The second-order valence-corrected chi connectivity index (χ2v) is 6.25. The van der Waals surface area contributed by atoms with Gasteiger partial charge in [-0.15, -0.1) is 0 Å². The van der Waals surface area contributed by atoms with Gasteiger partial charge in [-0.25, -0.2) is 4.79 Å². The number of hydrogen-bond donors (Lipinski definition) is 1. The summed E-state index contributed by atoms with van der Waals surface area (Å²) in [6.45, 7) is -0.658. The first-order valence-electron chi connectivity index (χ1n) is 8.30. The Hall–Kier alpha value is -3.03. The van der Waals surface area contributed by atoms with E-state index in [-0.39, 0.29) is 47.7 Å². The van der Waals surface area contributed by atoms with Gasteiger partial charge in [0.25, 0.3) is 11.8 Å². The highest BCUT2D eigenvalue weighted by Gasteiger charge is 2.44. The maximum Gasteiger partial charge on any atom is 0.341 e. The molecule has 1 aromatic rings. The Bertz CT molecular complexity index is 814. The second kappa shape index (κ2) is 7.07.